The van der Waals surface area contributed by atoms with E-state index in [0.29, 0.717) is 17.4 Å². The van der Waals surface area contributed by atoms with E-state index in [1.165, 1.54) is 154 Å². The zero-order valence-electron chi connectivity index (χ0n) is 51.8. The van der Waals surface area contributed by atoms with Crippen molar-refractivity contribution in [3.63, 3.8) is 0 Å². The van der Waals surface area contributed by atoms with Crippen LogP contribution in [0, 0.1) is 0 Å². The lowest BCUT2D eigenvalue weighted by molar-refractivity contribution is -0.870. The molecule has 0 aliphatic carbocycles. The highest BCUT2D eigenvalue weighted by atomic mass is 16.7. The SMILES string of the molecule is CC/C=C\C/C=C\C/C=C\C/C=C\CCCCCCCCCCCCCCCCC(=O)OCC(COC(OCC[N+](C)(C)C)C(=O)O)OC(=O)CCCCCCCCCCCCCCCC/C=C\C/C=C\C/C=C\C/C=C\CC. The summed E-state index contributed by atoms with van der Waals surface area (Å²) in [6.07, 6.45) is 79.3. The Bertz CT molecular complexity index is 1620. The quantitative estimate of drug-likeness (QED) is 0.0211. The highest BCUT2D eigenvalue weighted by molar-refractivity contribution is 5.71. The molecule has 0 saturated heterocycles. The Hall–Kier alpha value is -3.79. The second-order valence-electron chi connectivity index (χ2n) is 22.7. The van der Waals surface area contributed by atoms with Crippen LogP contribution < -0.4 is 0 Å². The third-order valence-corrected chi connectivity index (χ3v) is 13.8. The van der Waals surface area contributed by atoms with E-state index in [1.807, 2.05) is 21.1 Å². The van der Waals surface area contributed by atoms with Gasteiger partial charge in [-0.25, -0.2) is 4.79 Å². The first-order valence-corrected chi connectivity index (χ1v) is 32.4. The normalized spacial score (nSPS) is 13.4. The summed E-state index contributed by atoms with van der Waals surface area (Å²) in [7, 11) is 5.97. The number of carboxylic acid groups (broad SMARTS) is 1. The number of carbonyl (C=O) groups is 3. The van der Waals surface area contributed by atoms with E-state index >= 15 is 0 Å². The second-order valence-corrected chi connectivity index (χ2v) is 22.7. The third kappa shape index (κ3) is 61.7. The molecule has 2 unspecified atom stereocenters. The van der Waals surface area contributed by atoms with Gasteiger partial charge >= 0.3 is 17.9 Å². The first-order chi connectivity index (χ1) is 38.6. The van der Waals surface area contributed by atoms with Gasteiger partial charge in [0.1, 0.15) is 13.2 Å². The van der Waals surface area contributed by atoms with Crippen LogP contribution in [-0.2, 0) is 33.3 Å². The van der Waals surface area contributed by atoms with Crippen molar-refractivity contribution in [2.45, 2.75) is 283 Å². The monoisotopic (exact) mass is 1100 g/mol. The molecule has 0 aliphatic heterocycles. The van der Waals surface area contributed by atoms with Crippen LogP contribution in [0.1, 0.15) is 271 Å². The zero-order valence-corrected chi connectivity index (χ0v) is 51.8. The average Bonchev–Trinajstić information content (AvgIpc) is 3.42. The molecule has 0 radical (unpaired) electrons. The van der Waals surface area contributed by atoms with Crippen LogP contribution in [0.4, 0.5) is 0 Å². The van der Waals surface area contributed by atoms with Crippen LogP contribution in [0.5, 0.6) is 0 Å². The second kappa shape index (κ2) is 60.3. The summed E-state index contributed by atoms with van der Waals surface area (Å²) in [5.41, 5.74) is 0. The summed E-state index contributed by atoms with van der Waals surface area (Å²) in [6.45, 7) is 4.67. The van der Waals surface area contributed by atoms with Crippen LogP contribution in [0.15, 0.2) is 97.2 Å². The van der Waals surface area contributed by atoms with E-state index in [9.17, 15) is 19.5 Å². The molecule has 0 saturated carbocycles. The number of unbranched alkanes of at least 4 members (excludes halogenated alkanes) is 28. The molecular weight excluding hydrogens is 983 g/mol. The number of ether oxygens (including phenoxy) is 4. The molecule has 0 aliphatic rings. The molecule has 0 amide bonds. The molecule has 0 bridgehead atoms. The minimum atomic E-state index is -1.51. The molecule has 454 valence electrons. The number of esters is 2. The number of carbonyl (C=O) groups excluding carboxylic acids is 2. The molecule has 2 atom stereocenters. The lowest BCUT2D eigenvalue weighted by Crippen LogP contribution is -2.40. The Morgan fingerprint density at radius 2 is 0.684 bits per heavy atom. The summed E-state index contributed by atoms with van der Waals surface area (Å²) in [5, 5.41) is 9.73. The van der Waals surface area contributed by atoms with E-state index in [2.05, 4.69) is 111 Å². The fraction of sp³-hybridized carbons (Fsp3) is 0.729. The van der Waals surface area contributed by atoms with E-state index < -0.39 is 24.3 Å². The molecule has 0 aromatic carbocycles. The van der Waals surface area contributed by atoms with Gasteiger partial charge in [0.2, 0.25) is 0 Å². The summed E-state index contributed by atoms with van der Waals surface area (Å²) in [6, 6.07) is 0. The number of aliphatic carboxylic acids is 1. The minimum Gasteiger partial charge on any atom is -0.477 e. The van der Waals surface area contributed by atoms with Crippen molar-refractivity contribution in [2.75, 3.05) is 47.5 Å². The van der Waals surface area contributed by atoms with Gasteiger partial charge in [-0.15, -0.1) is 0 Å². The van der Waals surface area contributed by atoms with E-state index in [-0.39, 0.29) is 32.2 Å². The molecular formula is C70H122NO8+. The number of hydrogen-bond acceptors (Lipinski definition) is 7. The first-order valence-electron chi connectivity index (χ1n) is 32.4. The summed E-state index contributed by atoms with van der Waals surface area (Å²) < 4.78 is 23.0. The molecule has 0 fully saturated rings. The fourth-order valence-electron chi connectivity index (χ4n) is 8.94. The molecule has 9 heteroatoms. The first kappa shape index (κ1) is 75.2. The third-order valence-electron chi connectivity index (χ3n) is 13.8. The van der Waals surface area contributed by atoms with Crippen LogP contribution in [0.25, 0.3) is 0 Å². The zero-order chi connectivity index (χ0) is 57.6. The van der Waals surface area contributed by atoms with Gasteiger partial charge in [0, 0.05) is 12.8 Å². The minimum absolute atomic E-state index is 0.185. The molecule has 1 N–H and O–H groups in total. The standard InChI is InChI=1S/C70H121NO8/c1-6-8-10-12-14-16-18-20-22-24-26-28-30-32-34-36-38-40-42-44-46-48-50-52-54-56-58-60-67(72)77-64-66(65-78-70(69(74)75)76-63-62-71(3,4)5)79-68(73)61-59-57-55-53-51-49-47-45-43-41-39-37-35-33-31-29-27-25-23-21-19-17-15-13-11-9-7-2/h8-11,14-17,20-23,26-29,66,70H,6-7,12-13,18-19,24-25,30-65H2,1-5H3/p+1/b10-8-,11-9-,16-14-,17-15-,22-20-,23-21-,28-26-,29-27-. The van der Waals surface area contributed by atoms with Crippen molar-refractivity contribution >= 4 is 17.9 Å². The van der Waals surface area contributed by atoms with Gasteiger partial charge < -0.3 is 28.5 Å². The summed E-state index contributed by atoms with van der Waals surface area (Å²) in [4.78, 5) is 37.6. The number of carboxylic acids is 1. The molecule has 0 aromatic heterocycles. The largest absolute Gasteiger partial charge is 0.477 e. The van der Waals surface area contributed by atoms with Crippen LogP contribution in [-0.4, -0.2) is 87.4 Å². The van der Waals surface area contributed by atoms with Gasteiger partial charge in [-0.1, -0.05) is 265 Å². The highest BCUT2D eigenvalue weighted by Crippen LogP contribution is 2.17. The highest BCUT2D eigenvalue weighted by Gasteiger charge is 2.25. The molecule has 0 heterocycles. The lowest BCUT2D eigenvalue weighted by Gasteiger charge is -2.25. The number of rotatable bonds is 59. The number of likely N-dealkylation sites (N-methyl/N-ethyl adjacent to an activating group) is 1. The van der Waals surface area contributed by atoms with Gasteiger partial charge in [0.25, 0.3) is 6.29 Å². The van der Waals surface area contributed by atoms with E-state index in [1.54, 1.807) is 0 Å². The Kier molecular flexibility index (Phi) is 57.4. The van der Waals surface area contributed by atoms with Crippen LogP contribution >= 0.6 is 0 Å². The molecule has 9 nitrogen and oxygen atoms in total. The maximum atomic E-state index is 12.9. The number of hydrogen-bond donors (Lipinski definition) is 1. The molecule has 0 rings (SSSR count). The Morgan fingerprint density at radius 3 is 1.01 bits per heavy atom. The van der Waals surface area contributed by atoms with Crippen molar-refractivity contribution in [1.29, 1.82) is 0 Å². The van der Waals surface area contributed by atoms with E-state index in [4.69, 9.17) is 18.9 Å². The van der Waals surface area contributed by atoms with Crippen molar-refractivity contribution in [2.24, 2.45) is 0 Å². The molecule has 79 heavy (non-hydrogen) atoms. The van der Waals surface area contributed by atoms with Crippen LogP contribution in [0.2, 0.25) is 0 Å². The van der Waals surface area contributed by atoms with Gasteiger partial charge in [-0.2, -0.15) is 0 Å². The average molecular weight is 1110 g/mol. The van der Waals surface area contributed by atoms with Crippen LogP contribution in [0.3, 0.4) is 0 Å². The Morgan fingerprint density at radius 1 is 0.380 bits per heavy atom. The van der Waals surface area contributed by atoms with E-state index in [0.717, 1.165) is 89.9 Å². The lowest BCUT2D eigenvalue weighted by atomic mass is 10.0. The van der Waals surface area contributed by atoms with Gasteiger partial charge in [0.05, 0.1) is 34.4 Å². The summed E-state index contributed by atoms with van der Waals surface area (Å²) >= 11 is 0. The fourth-order valence-corrected chi connectivity index (χ4v) is 8.94. The molecule has 0 aromatic rings. The predicted octanol–water partition coefficient (Wildman–Crippen LogP) is 19.7. The van der Waals surface area contributed by atoms with Gasteiger partial charge in [-0.05, 0) is 89.9 Å². The molecule has 0 spiro atoms. The van der Waals surface area contributed by atoms with Crippen molar-refractivity contribution in [3.8, 4) is 0 Å². The summed E-state index contributed by atoms with van der Waals surface area (Å²) in [5.74, 6) is -2.00. The Labute approximate surface area is 486 Å². The van der Waals surface area contributed by atoms with Crippen molar-refractivity contribution < 1.29 is 42.9 Å². The maximum absolute atomic E-state index is 12.9. The maximum Gasteiger partial charge on any atom is 0.361 e. The van der Waals surface area contributed by atoms with Crippen molar-refractivity contribution in [1.82, 2.24) is 0 Å². The smallest absolute Gasteiger partial charge is 0.361 e. The topological polar surface area (TPSA) is 108 Å². The predicted molar refractivity (Wildman–Crippen MR) is 336 cm³/mol. The van der Waals surface area contributed by atoms with Crippen molar-refractivity contribution in [3.05, 3.63) is 97.2 Å². The van der Waals surface area contributed by atoms with Gasteiger partial charge in [0.15, 0.2) is 6.10 Å². The Balaban J connectivity index is 4.16. The number of allylic oxidation sites excluding steroid dienone is 16. The van der Waals surface area contributed by atoms with Gasteiger partial charge in [-0.3, -0.25) is 9.59 Å². The number of quaternary nitrogens is 1. The number of nitrogens with zero attached hydrogens (tertiary/aromatic N) is 1.